The van der Waals surface area contributed by atoms with Crippen LogP contribution in [0.25, 0.3) is 0 Å². The highest BCUT2D eigenvalue weighted by Gasteiger charge is 2.44. The van der Waals surface area contributed by atoms with Crippen LogP contribution in [0.2, 0.25) is 0 Å². The van der Waals surface area contributed by atoms with Crippen LogP contribution in [0, 0.1) is 5.92 Å². The molecule has 1 aliphatic heterocycles. The Bertz CT molecular complexity index is 286. The van der Waals surface area contributed by atoms with Gasteiger partial charge in [-0.15, -0.1) is 0 Å². The monoisotopic (exact) mass is 211 g/mol. The summed E-state index contributed by atoms with van der Waals surface area (Å²) in [5.74, 6) is -0.387. The van der Waals surface area contributed by atoms with Crippen LogP contribution in [-0.2, 0) is 9.59 Å². The molecule has 0 radical (unpaired) electrons. The second-order valence-corrected chi connectivity index (χ2v) is 4.62. The molecule has 0 bridgehead atoms. The molecule has 0 aromatic carbocycles. The van der Waals surface area contributed by atoms with E-state index < -0.39 is 12.0 Å². The van der Waals surface area contributed by atoms with Crippen molar-refractivity contribution in [1.29, 1.82) is 0 Å². The fourth-order valence-electron chi connectivity index (χ4n) is 2.82. The Labute approximate surface area is 89.3 Å². The molecule has 2 fully saturated rings. The Morgan fingerprint density at radius 3 is 2.27 bits per heavy atom. The highest BCUT2D eigenvalue weighted by atomic mass is 16.4. The van der Waals surface area contributed by atoms with Crippen LogP contribution in [0.4, 0.5) is 0 Å². The van der Waals surface area contributed by atoms with Gasteiger partial charge in [-0.1, -0.05) is 6.42 Å². The fourth-order valence-corrected chi connectivity index (χ4v) is 2.82. The molecule has 15 heavy (non-hydrogen) atoms. The number of carbonyl (C=O) groups is 2. The molecule has 2 aliphatic rings. The quantitative estimate of drug-likeness (QED) is 0.747. The SMILES string of the molecule is CC(=O)N1C(C(=O)O)CCC1C1CCC1. The number of rotatable bonds is 2. The Morgan fingerprint density at radius 1 is 1.20 bits per heavy atom. The van der Waals surface area contributed by atoms with E-state index in [1.54, 1.807) is 4.90 Å². The van der Waals surface area contributed by atoms with Crippen molar-refractivity contribution in [3.05, 3.63) is 0 Å². The molecular formula is C11H17NO3. The van der Waals surface area contributed by atoms with E-state index in [1.807, 2.05) is 0 Å². The second kappa shape index (κ2) is 3.83. The van der Waals surface area contributed by atoms with Gasteiger partial charge in [-0.2, -0.15) is 0 Å². The van der Waals surface area contributed by atoms with Crippen molar-refractivity contribution in [1.82, 2.24) is 4.90 Å². The van der Waals surface area contributed by atoms with E-state index in [1.165, 1.54) is 13.3 Å². The topological polar surface area (TPSA) is 57.6 Å². The van der Waals surface area contributed by atoms with Gasteiger partial charge < -0.3 is 10.0 Å². The highest BCUT2D eigenvalue weighted by Crippen LogP contribution is 2.39. The van der Waals surface area contributed by atoms with Gasteiger partial charge in [-0.25, -0.2) is 4.79 Å². The standard InChI is InChI=1S/C11H17NO3/c1-7(13)12-9(8-3-2-4-8)5-6-10(12)11(14)15/h8-10H,2-6H2,1H3,(H,14,15). The molecule has 84 valence electrons. The molecule has 0 aromatic rings. The van der Waals surface area contributed by atoms with Gasteiger partial charge in [0.05, 0.1) is 0 Å². The zero-order valence-electron chi connectivity index (χ0n) is 8.98. The van der Waals surface area contributed by atoms with Crippen molar-refractivity contribution in [3.8, 4) is 0 Å². The fraction of sp³-hybridized carbons (Fsp3) is 0.818. The summed E-state index contributed by atoms with van der Waals surface area (Å²) in [4.78, 5) is 24.1. The number of hydrogen-bond acceptors (Lipinski definition) is 2. The van der Waals surface area contributed by atoms with Gasteiger partial charge >= 0.3 is 5.97 Å². The zero-order valence-corrected chi connectivity index (χ0v) is 8.98. The highest BCUT2D eigenvalue weighted by molar-refractivity contribution is 5.83. The Morgan fingerprint density at radius 2 is 1.87 bits per heavy atom. The van der Waals surface area contributed by atoms with E-state index in [-0.39, 0.29) is 11.9 Å². The Kier molecular flexibility index (Phi) is 2.67. The summed E-state index contributed by atoms with van der Waals surface area (Å²) in [5.41, 5.74) is 0. The van der Waals surface area contributed by atoms with E-state index in [2.05, 4.69) is 0 Å². The van der Waals surface area contributed by atoms with Gasteiger partial charge in [0.15, 0.2) is 0 Å². The lowest BCUT2D eigenvalue weighted by molar-refractivity contribution is -0.149. The third-order valence-corrected chi connectivity index (χ3v) is 3.77. The maximum absolute atomic E-state index is 11.5. The minimum atomic E-state index is -0.855. The molecule has 1 N–H and O–H groups in total. The summed E-state index contributed by atoms with van der Waals surface area (Å²) >= 11 is 0. The summed E-state index contributed by atoms with van der Waals surface area (Å²) in [6, 6.07) is -0.384. The van der Waals surface area contributed by atoms with Gasteiger partial charge in [0, 0.05) is 13.0 Å². The lowest BCUT2D eigenvalue weighted by Gasteiger charge is -2.37. The first kappa shape index (κ1) is 10.5. The summed E-state index contributed by atoms with van der Waals surface area (Å²) in [7, 11) is 0. The van der Waals surface area contributed by atoms with Crippen LogP contribution >= 0.6 is 0 Å². The molecule has 1 saturated carbocycles. The molecule has 4 nitrogen and oxygen atoms in total. The predicted octanol–water partition coefficient (Wildman–Crippen LogP) is 1.25. The maximum atomic E-state index is 11.5. The molecule has 2 rings (SSSR count). The number of likely N-dealkylation sites (tertiary alicyclic amines) is 1. The Hall–Kier alpha value is -1.06. The van der Waals surface area contributed by atoms with Gasteiger partial charge in [-0.3, -0.25) is 4.79 Å². The number of nitrogens with zero attached hydrogens (tertiary/aromatic N) is 1. The average Bonchev–Trinajstić information content (AvgIpc) is 2.45. The Balaban J connectivity index is 2.12. The number of carboxylic acids is 1. The number of hydrogen-bond donors (Lipinski definition) is 1. The normalized spacial score (nSPS) is 31.4. The third kappa shape index (κ3) is 1.73. The molecule has 0 aromatic heterocycles. The maximum Gasteiger partial charge on any atom is 0.326 e. The first-order valence-corrected chi connectivity index (χ1v) is 5.63. The van der Waals surface area contributed by atoms with Crippen LogP contribution < -0.4 is 0 Å². The number of amides is 1. The first-order chi connectivity index (χ1) is 7.11. The third-order valence-electron chi connectivity index (χ3n) is 3.77. The largest absolute Gasteiger partial charge is 0.480 e. The van der Waals surface area contributed by atoms with Gasteiger partial charge in [0.25, 0.3) is 0 Å². The average molecular weight is 211 g/mol. The minimum absolute atomic E-state index is 0.0863. The van der Waals surface area contributed by atoms with Crippen LogP contribution in [0.15, 0.2) is 0 Å². The van der Waals surface area contributed by atoms with Gasteiger partial charge in [0.1, 0.15) is 6.04 Å². The molecule has 0 spiro atoms. The molecule has 4 heteroatoms. The smallest absolute Gasteiger partial charge is 0.326 e. The predicted molar refractivity (Wildman–Crippen MR) is 54.3 cm³/mol. The van der Waals surface area contributed by atoms with Crippen LogP contribution in [0.1, 0.15) is 39.0 Å². The van der Waals surface area contributed by atoms with Gasteiger partial charge in [0.2, 0.25) is 5.91 Å². The van der Waals surface area contributed by atoms with Crippen molar-refractivity contribution in [2.75, 3.05) is 0 Å². The summed E-state index contributed by atoms with van der Waals surface area (Å²) < 4.78 is 0. The van der Waals surface area contributed by atoms with E-state index in [9.17, 15) is 9.59 Å². The second-order valence-electron chi connectivity index (χ2n) is 4.62. The van der Waals surface area contributed by atoms with Crippen LogP contribution in [-0.4, -0.2) is 34.0 Å². The van der Waals surface area contributed by atoms with Crippen LogP contribution in [0.5, 0.6) is 0 Å². The van der Waals surface area contributed by atoms with E-state index in [4.69, 9.17) is 5.11 Å². The van der Waals surface area contributed by atoms with Crippen molar-refractivity contribution in [3.63, 3.8) is 0 Å². The lowest BCUT2D eigenvalue weighted by atomic mass is 9.79. The molecule has 1 heterocycles. The van der Waals surface area contributed by atoms with Crippen molar-refractivity contribution >= 4 is 11.9 Å². The van der Waals surface area contributed by atoms with Crippen molar-refractivity contribution in [2.24, 2.45) is 5.92 Å². The van der Waals surface area contributed by atoms with E-state index in [0.29, 0.717) is 12.3 Å². The molecule has 1 aliphatic carbocycles. The zero-order chi connectivity index (χ0) is 11.0. The number of carbonyl (C=O) groups excluding carboxylic acids is 1. The minimum Gasteiger partial charge on any atom is -0.480 e. The van der Waals surface area contributed by atoms with Gasteiger partial charge in [-0.05, 0) is 31.6 Å². The molecule has 2 unspecified atom stereocenters. The lowest BCUT2D eigenvalue weighted by Crippen LogP contribution is -2.47. The van der Waals surface area contributed by atoms with Crippen molar-refractivity contribution < 1.29 is 14.7 Å². The molecular weight excluding hydrogens is 194 g/mol. The van der Waals surface area contributed by atoms with Crippen LogP contribution in [0.3, 0.4) is 0 Å². The summed E-state index contributed by atoms with van der Waals surface area (Å²) in [5, 5.41) is 9.03. The molecule has 1 amide bonds. The molecule has 2 atom stereocenters. The van der Waals surface area contributed by atoms with Crippen molar-refractivity contribution in [2.45, 2.75) is 51.1 Å². The summed E-state index contributed by atoms with van der Waals surface area (Å²) in [6.07, 6.45) is 5.02. The first-order valence-electron chi connectivity index (χ1n) is 5.63. The number of aliphatic carboxylic acids is 1. The van der Waals surface area contributed by atoms with E-state index in [0.717, 1.165) is 19.3 Å². The van der Waals surface area contributed by atoms with E-state index >= 15 is 0 Å². The molecule has 1 saturated heterocycles. The number of carboxylic acid groups (broad SMARTS) is 1. The summed E-state index contributed by atoms with van der Waals surface area (Å²) in [6.45, 7) is 1.48.